The van der Waals surface area contributed by atoms with Gasteiger partial charge in [-0.2, -0.15) is 0 Å². The van der Waals surface area contributed by atoms with Crippen LogP contribution in [-0.4, -0.2) is 50.0 Å². The van der Waals surface area contributed by atoms with Crippen LogP contribution in [0.3, 0.4) is 0 Å². The average molecular weight is 516 g/mol. The third kappa shape index (κ3) is 8.08. The Morgan fingerprint density at radius 2 is 1.64 bits per heavy atom. The summed E-state index contributed by atoms with van der Waals surface area (Å²) in [5, 5.41) is 2.97. The Morgan fingerprint density at radius 3 is 2.22 bits per heavy atom. The van der Waals surface area contributed by atoms with Crippen LogP contribution in [0.25, 0.3) is 0 Å². The van der Waals surface area contributed by atoms with Gasteiger partial charge in [-0.25, -0.2) is 8.42 Å². The highest BCUT2D eigenvalue weighted by Gasteiger charge is 2.27. The minimum absolute atomic E-state index is 0.0108. The molecule has 1 N–H and O–H groups in total. The summed E-state index contributed by atoms with van der Waals surface area (Å²) in [6.07, 6.45) is 2.44. The Kier molecular flexibility index (Phi) is 10.5. The summed E-state index contributed by atoms with van der Waals surface area (Å²) in [7, 11) is -3.52. The van der Waals surface area contributed by atoms with Gasteiger partial charge in [0.25, 0.3) is 0 Å². The topological polar surface area (TPSA) is 86.8 Å². The molecule has 0 fully saturated rings. The predicted octanol–water partition coefficient (Wildman–Crippen LogP) is 4.49. The first kappa shape index (κ1) is 29.4. The van der Waals surface area contributed by atoms with Crippen molar-refractivity contribution in [2.24, 2.45) is 0 Å². The van der Waals surface area contributed by atoms with E-state index in [4.69, 9.17) is 0 Å². The SMILES string of the molecule is CC[C@@H](C)NC(=O)[C@@H](C)N(Cc1ccccc1C)C(=O)CCCN(c1ccc(C)c(C)c1)S(C)(=O)=O. The molecule has 0 heterocycles. The molecule has 0 bridgehead atoms. The van der Waals surface area contributed by atoms with Crippen molar-refractivity contribution >= 4 is 27.5 Å². The normalized spacial score (nSPS) is 13.1. The van der Waals surface area contributed by atoms with E-state index < -0.39 is 16.1 Å². The molecular weight excluding hydrogens is 474 g/mol. The zero-order valence-corrected chi connectivity index (χ0v) is 23.5. The number of rotatable bonds is 12. The van der Waals surface area contributed by atoms with Gasteiger partial charge < -0.3 is 10.2 Å². The smallest absolute Gasteiger partial charge is 0.242 e. The number of nitrogens with zero attached hydrogens (tertiary/aromatic N) is 2. The van der Waals surface area contributed by atoms with Crippen LogP contribution in [0.2, 0.25) is 0 Å². The number of anilines is 1. The summed E-state index contributed by atoms with van der Waals surface area (Å²) >= 11 is 0. The summed E-state index contributed by atoms with van der Waals surface area (Å²) in [6.45, 7) is 12.1. The molecule has 2 aromatic carbocycles. The standard InChI is InChI=1S/C28H41N3O4S/c1-8-23(5)29-28(33)24(6)30(19-25-13-10-9-12-21(25)3)27(32)14-11-17-31(36(7,34)35)26-16-15-20(2)22(4)18-26/h9-10,12-13,15-16,18,23-24H,8,11,14,17,19H2,1-7H3,(H,29,33)/t23-,24-/m1/s1. The van der Waals surface area contributed by atoms with E-state index in [9.17, 15) is 18.0 Å². The van der Waals surface area contributed by atoms with Crippen molar-refractivity contribution in [2.75, 3.05) is 17.1 Å². The number of amides is 2. The molecule has 2 amide bonds. The highest BCUT2D eigenvalue weighted by molar-refractivity contribution is 7.92. The molecule has 0 spiro atoms. The number of aryl methyl sites for hydroxylation is 3. The van der Waals surface area contributed by atoms with E-state index in [1.165, 1.54) is 10.6 Å². The lowest BCUT2D eigenvalue weighted by Crippen LogP contribution is -2.49. The van der Waals surface area contributed by atoms with Gasteiger partial charge in [0.15, 0.2) is 0 Å². The maximum atomic E-state index is 13.4. The lowest BCUT2D eigenvalue weighted by Gasteiger charge is -2.30. The fraction of sp³-hybridized carbons (Fsp3) is 0.500. The van der Waals surface area contributed by atoms with Crippen LogP contribution in [0, 0.1) is 20.8 Å². The van der Waals surface area contributed by atoms with Crippen molar-refractivity contribution < 1.29 is 18.0 Å². The first-order valence-electron chi connectivity index (χ1n) is 12.5. The van der Waals surface area contributed by atoms with E-state index in [2.05, 4.69) is 5.32 Å². The number of carbonyl (C=O) groups is 2. The Bertz CT molecular complexity index is 1160. The van der Waals surface area contributed by atoms with Gasteiger partial charge in [-0.15, -0.1) is 0 Å². The highest BCUT2D eigenvalue weighted by atomic mass is 32.2. The molecule has 36 heavy (non-hydrogen) atoms. The number of hydrogen-bond donors (Lipinski definition) is 1. The first-order chi connectivity index (χ1) is 16.8. The summed E-state index contributed by atoms with van der Waals surface area (Å²) in [4.78, 5) is 27.9. The van der Waals surface area contributed by atoms with E-state index in [1.54, 1.807) is 17.9 Å². The second-order valence-corrected chi connectivity index (χ2v) is 11.6. The minimum atomic E-state index is -3.52. The molecule has 2 atom stereocenters. The lowest BCUT2D eigenvalue weighted by molar-refractivity contribution is -0.140. The molecule has 0 unspecified atom stereocenters. The Hall–Kier alpha value is -2.87. The molecule has 198 valence electrons. The largest absolute Gasteiger partial charge is 0.352 e. The third-order valence-electron chi connectivity index (χ3n) is 6.70. The quantitative estimate of drug-likeness (QED) is 0.451. The number of hydrogen-bond acceptors (Lipinski definition) is 4. The van der Waals surface area contributed by atoms with E-state index in [0.29, 0.717) is 18.7 Å². The zero-order valence-electron chi connectivity index (χ0n) is 22.7. The van der Waals surface area contributed by atoms with Gasteiger partial charge in [-0.1, -0.05) is 37.3 Å². The zero-order chi connectivity index (χ0) is 27.0. The predicted molar refractivity (Wildman–Crippen MR) is 146 cm³/mol. The lowest BCUT2D eigenvalue weighted by atomic mass is 10.1. The van der Waals surface area contributed by atoms with Gasteiger partial charge in [0, 0.05) is 25.6 Å². The van der Waals surface area contributed by atoms with E-state index in [1.807, 2.05) is 71.0 Å². The molecular formula is C28H41N3O4S. The van der Waals surface area contributed by atoms with Gasteiger partial charge in [0.1, 0.15) is 6.04 Å². The monoisotopic (exact) mass is 515 g/mol. The molecule has 2 aromatic rings. The van der Waals surface area contributed by atoms with Crippen molar-refractivity contribution in [3.63, 3.8) is 0 Å². The molecule has 0 aliphatic carbocycles. The van der Waals surface area contributed by atoms with Gasteiger partial charge in [0.05, 0.1) is 11.9 Å². The molecule has 7 nitrogen and oxygen atoms in total. The van der Waals surface area contributed by atoms with Gasteiger partial charge in [-0.05, 0) is 81.8 Å². The molecule has 0 radical (unpaired) electrons. The fourth-order valence-corrected chi connectivity index (χ4v) is 4.86. The van der Waals surface area contributed by atoms with Crippen molar-refractivity contribution in [2.45, 2.75) is 79.4 Å². The van der Waals surface area contributed by atoms with Crippen LogP contribution in [0.1, 0.15) is 62.3 Å². The van der Waals surface area contributed by atoms with E-state index >= 15 is 0 Å². The Morgan fingerprint density at radius 1 is 0.972 bits per heavy atom. The average Bonchev–Trinajstić information content (AvgIpc) is 2.81. The molecule has 0 saturated carbocycles. The highest BCUT2D eigenvalue weighted by Crippen LogP contribution is 2.22. The van der Waals surface area contributed by atoms with Gasteiger partial charge >= 0.3 is 0 Å². The summed E-state index contributed by atoms with van der Waals surface area (Å²) in [6, 6.07) is 12.7. The molecule has 0 aliphatic heterocycles. The van der Waals surface area contributed by atoms with Crippen LogP contribution < -0.4 is 9.62 Å². The molecule has 2 rings (SSSR count). The summed E-state index contributed by atoms with van der Waals surface area (Å²) in [5.74, 6) is -0.377. The molecule has 0 aliphatic rings. The van der Waals surface area contributed by atoms with Crippen LogP contribution in [-0.2, 0) is 26.2 Å². The van der Waals surface area contributed by atoms with E-state index in [0.717, 1.165) is 28.7 Å². The van der Waals surface area contributed by atoms with Crippen LogP contribution >= 0.6 is 0 Å². The first-order valence-corrected chi connectivity index (χ1v) is 14.4. The second kappa shape index (κ2) is 12.9. The van der Waals surface area contributed by atoms with Crippen molar-refractivity contribution in [1.29, 1.82) is 0 Å². The maximum Gasteiger partial charge on any atom is 0.242 e. The molecule has 0 aromatic heterocycles. The van der Waals surface area contributed by atoms with E-state index in [-0.39, 0.29) is 30.8 Å². The van der Waals surface area contributed by atoms with Crippen LogP contribution in [0.4, 0.5) is 5.69 Å². The Balaban J connectivity index is 2.20. The Labute approximate surface area is 216 Å². The van der Waals surface area contributed by atoms with Crippen molar-refractivity contribution in [1.82, 2.24) is 10.2 Å². The van der Waals surface area contributed by atoms with Crippen LogP contribution in [0.5, 0.6) is 0 Å². The molecule has 8 heteroatoms. The fourth-order valence-electron chi connectivity index (χ4n) is 3.90. The molecule has 0 saturated heterocycles. The number of sulfonamides is 1. The van der Waals surface area contributed by atoms with Crippen molar-refractivity contribution in [3.05, 3.63) is 64.7 Å². The van der Waals surface area contributed by atoms with Gasteiger partial charge in [0.2, 0.25) is 21.8 Å². The second-order valence-electron chi connectivity index (χ2n) is 9.65. The van der Waals surface area contributed by atoms with Crippen molar-refractivity contribution in [3.8, 4) is 0 Å². The van der Waals surface area contributed by atoms with Gasteiger partial charge in [-0.3, -0.25) is 13.9 Å². The maximum absolute atomic E-state index is 13.4. The number of nitrogens with one attached hydrogen (secondary N) is 1. The summed E-state index contributed by atoms with van der Waals surface area (Å²) < 4.78 is 26.4. The minimum Gasteiger partial charge on any atom is -0.352 e. The number of carbonyl (C=O) groups excluding carboxylic acids is 2. The third-order valence-corrected chi connectivity index (χ3v) is 7.89. The van der Waals surface area contributed by atoms with Crippen LogP contribution in [0.15, 0.2) is 42.5 Å². The number of benzene rings is 2. The summed E-state index contributed by atoms with van der Waals surface area (Å²) in [5.41, 5.74) is 4.69.